The summed E-state index contributed by atoms with van der Waals surface area (Å²) in [4.78, 5) is 0. The molecule has 0 aromatic heterocycles. The minimum atomic E-state index is -3.10. The van der Waals surface area contributed by atoms with Gasteiger partial charge in [0.1, 0.15) is 0 Å². The predicted molar refractivity (Wildman–Crippen MR) is 78.1 cm³/mol. The number of hydrogen-bond acceptors (Lipinski definition) is 3. The second kappa shape index (κ2) is 6.22. The van der Waals surface area contributed by atoms with Gasteiger partial charge in [-0.1, -0.05) is 23.7 Å². The number of sulfonamides is 1. The molecule has 106 valence electrons. The summed E-state index contributed by atoms with van der Waals surface area (Å²) in [6.07, 6.45) is 2.11. The fraction of sp³-hybridized carbons (Fsp3) is 0.538. The van der Waals surface area contributed by atoms with E-state index in [1.807, 2.05) is 12.1 Å². The van der Waals surface area contributed by atoms with Crippen molar-refractivity contribution in [3.8, 4) is 0 Å². The van der Waals surface area contributed by atoms with Crippen LogP contribution in [0, 0.1) is 0 Å². The molecular weight excluding hydrogens is 284 g/mol. The van der Waals surface area contributed by atoms with E-state index in [4.69, 9.17) is 11.6 Å². The molecule has 0 heterocycles. The van der Waals surface area contributed by atoms with Gasteiger partial charge in [-0.05, 0) is 43.5 Å². The Kier molecular flexibility index (Phi) is 4.84. The van der Waals surface area contributed by atoms with Gasteiger partial charge in [-0.25, -0.2) is 13.1 Å². The Labute approximate surface area is 119 Å². The summed E-state index contributed by atoms with van der Waals surface area (Å²) in [7, 11) is -1.66. The van der Waals surface area contributed by atoms with Crippen molar-refractivity contribution in [3.63, 3.8) is 0 Å². The normalized spacial score (nSPS) is 23.1. The Morgan fingerprint density at radius 3 is 2.47 bits per heavy atom. The van der Waals surface area contributed by atoms with Crippen LogP contribution in [0.25, 0.3) is 0 Å². The number of hydrogen-bond donors (Lipinski definition) is 2. The van der Waals surface area contributed by atoms with E-state index in [1.54, 1.807) is 0 Å². The van der Waals surface area contributed by atoms with Crippen LogP contribution in [0.1, 0.15) is 24.3 Å². The van der Waals surface area contributed by atoms with Gasteiger partial charge >= 0.3 is 0 Å². The predicted octanol–water partition coefficient (Wildman–Crippen LogP) is 1.72. The number of halogens is 1. The molecule has 1 aromatic rings. The van der Waals surface area contributed by atoms with E-state index in [2.05, 4.69) is 22.2 Å². The Balaban J connectivity index is 1.71. The molecule has 0 atom stereocenters. The second-order valence-electron chi connectivity index (χ2n) is 4.89. The maximum Gasteiger partial charge on any atom is 0.212 e. The highest BCUT2D eigenvalue weighted by atomic mass is 35.5. The molecule has 2 rings (SSSR count). The maximum absolute atomic E-state index is 11.2. The van der Waals surface area contributed by atoms with Gasteiger partial charge in [-0.3, -0.25) is 0 Å². The zero-order valence-corrected chi connectivity index (χ0v) is 12.5. The molecule has 2 N–H and O–H groups in total. The maximum atomic E-state index is 11.2. The van der Waals surface area contributed by atoms with E-state index < -0.39 is 10.0 Å². The lowest BCUT2D eigenvalue weighted by Crippen LogP contribution is -2.42. The van der Waals surface area contributed by atoms with Crippen LogP contribution in [0.4, 0.5) is 0 Å². The number of nitrogens with one attached hydrogen (secondary N) is 2. The molecule has 19 heavy (non-hydrogen) atoms. The molecule has 0 radical (unpaired) electrons. The van der Waals surface area contributed by atoms with E-state index in [0.29, 0.717) is 18.5 Å². The average molecular weight is 303 g/mol. The van der Waals surface area contributed by atoms with Crippen LogP contribution in [0.3, 0.4) is 0 Å². The van der Waals surface area contributed by atoms with Crippen LogP contribution in [0.5, 0.6) is 0 Å². The van der Waals surface area contributed by atoms with Crippen LogP contribution in [-0.2, 0) is 10.0 Å². The Bertz CT molecular complexity index is 510. The van der Waals surface area contributed by atoms with Gasteiger partial charge in [0.15, 0.2) is 0 Å². The first-order valence-electron chi connectivity index (χ1n) is 6.40. The van der Waals surface area contributed by atoms with Crippen LogP contribution < -0.4 is 10.0 Å². The Morgan fingerprint density at radius 1 is 1.26 bits per heavy atom. The Hall–Kier alpha value is -0.620. The topological polar surface area (TPSA) is 58.2 Å². The molecule has 0 amide bonds. The van der Waals surface area contributed by atoms with E-state index in [0.717, 1.165) is 17.9 Å². The minimum Gasteiger partial charge on any atom is -0.313 e. The highest BCUT2D eigenvalue weighted by Gasteiger charge is 2.29. The summed E-state index contributed by atoms with van der Waals surface area (Å²) in [6, 6.07) is 8.38. The molecule has 6 heteroatoms. The zero-order chi connectivity index (χ0) is 13.9. The third kappa shape index (κ3) is 4.18. The van der Waals surface area contributed by atoms with Crippen LogP contribution in [-0.4, -0.2) is 33.8 Å². The first-order valence-corrected chi connectivity index (χ1v) is 8.43. The van der Waals surface area contributed by atoms with Gasteiger partial charge in [0.2, 0.25) is 10.0 Å². The quantitative estimate of drug-likeness (QED) is 0.841. The van der Waals surface area contributed by atoms with Gasteiger partial charge in [0.25, 0.3) is 0 Å². The molecule has 0 saturated heterocycles. The third-order valence-corrected chi connectivity index (χ3v) is 5.21. The van der Waals surface area contributed by atoms with Gasteiger partial charge in [0.05, 0.1) is 5.75 Å². The number of rotatable bonds is 6. The minimum absolute atomic E-state index is 0.131. The van der Waals surface area contributed by atoms with Crippen molar-refractivity contribution in [3.05, 3.63) is 34.9 Å². The SMILES string of the molecule is CNS(=O)(=O)CCNC1CC(c2ccc(Cl)cc2)C1. The fourth-order valence-electron chi connectivity index (χ4n) is 2.29. The lowest BCUT2D eigenvalue weighted by Gasteiger charge is -2.36. The highest BCUT2D eigenvalue weighted by molar-refractivity contribution is 7.89. The lowest BCUT2D eigenvalue weighted by atomic mass is 9.76. The second-order valence-corrected chi connectivity index (χ2v) is 7.38. The Morgan fingerprint density at radius 2 is 1.89 bits per heavy atom. The number of benzene rings is 1. The zero-order valence-electron chi connectivity index (χ0n) is 10.9. The molecule has 1 fully saturated rings. The van der Waals surface area contributed by atoms with Gasteiger partial charge in [-0.15, -0.1) is 0 Å². The molecule has 1 aliphatic carbocycles. The summed E-state index contributed by atoms with van der Waals surface area (Å²) >= 11 is 5.86. The summed E-state index contributed by atoms with van der Waals surface area (Å²) in [5, 5.41) is 4.03. The first kappa shape index (κ1) is 14.8. The van der Waals surface area contributed by atoms with Crippen molar-refractivity contribution >= 4 is 21.6 Å². The van der Waals surface area contributed by atoms with Crippen LogP contribution in [0.2, 0.25) is 5.02 Å². The average Bonchev–Trinajstić information content (AvgIpc) is 2.34. The van der Waals surface area contributed by atoms with E-state index in [-0.39, 0.29) is 5.75 Å². The van der Waals surface area contributed by atoms with Gasteiger partial charge < -0.3 is 5.32 Å². The molecule has 0 spiro atoms. The summed E-state index contributed by atoms with van der Waals surface area (Å²) in [5.41, 5.74) is 1.31. The van der Waals surface area contributed by atoms with Crippen molar-refractivity contribution in [2.45, 2.75) is 24.8 Å². The van der Waals surface area contributed by atoms with Gasteiger partial charge in [-0.2, -0.15) is 0 Å². The highest BCUT2D eigenvalue weighted by Crippen LogP contribution is 2.37. The molecule has 0 bridgehead atoms. The van der Waals surface area contributed by atoms with Gasteiger partial charge in [0, 0.05) is 17.6 Å². The van der Waals surface area contributed by atoms with E-state index in [1.165, 1.54) is 12.6 Å². The van der Waals surface area contributed by atoms with Crippen molar-refractivity contribution in [1.82, 2.24) is 10.0 Å². The monoisotopic (exact) mass is 302 g/mol. The molecule has 0 unspecified atom stereocenters. The lowest BCUT2D eigenvalue weighted by molar-refractivity contribution is 0.296. The first-order chi connectivity index (χ1) is 9.00. The van der Waals surface area contributed by atoms with E-state index >= 15 is 0 Å². The van der Waals surface area contributed by atoms with Crippen molar-refractivity contribution in [2.75, 3.05) is 19.3 Å². The summed E-state index contributed by atoms with van der Waals surface area (Å²) in [5.74, 6) is 0.696. The van der Waals surface area contributed by atoms with Crippen LogP contribution in [0.15, 0.2) is 24.3 Å². The molecule has 4 nitrogen and oxygen atoms in total. The van der Waals surface area contributed by atoms with Crippen molar-refractivity contribution in [1.29, 1.82) is 0 Å². The molecule has 0 aliphatic heterocycles. The standard InChI is InChI=1S/C13H19ClN2O2S/c1-15-19(17,18)7-6-16-13-8-11(9-13)10-2-4-12(14)5-3-10/h2-5,11,13,15-16H,6-9H2,1H3. The van der Waals surface area contributed by atoms with Crippen molar-refractivity contribution < 1.29 is 8.42 Å². The summed E-state index contributed by atoms with van der Waals surface area (Å²) < 4.78 is 24.8. The van der Waals surface area contributed by atoms with Crippen molar-refractivity contribution in [2.24, 2.45) is 0 Å². The summed E-state index contributed by atoms with van der Waals surface area (Å²) in [6.45, 7) is 0.501. The smallest absolute Gasteiger partial charge is 0.212 e. The molecule has 1 aromatic carbocycles. The molecular formula is C13H19ClN2O2S. The van der Waals surface area contributed by atoms with Crippen LogP contribution >= 0.6 is 11.6 Å². The van der Waals surface area contributed by atoms with E-state index in [9.17, 15) is 8.42 Å². The fourth-order valence-corrected chi connectivity index (χ4v) is 3.01. The largest absolute Gasteiger partial charge is 0.313 e. The molecule has 1 saturated carbocycles. The third-order valence-electron chi connectivity index (χ3n) is 3.59. The molecule has 1 aliphatic rings.